The largest absolute Gasteiger partial charge is 0.478 e. The number of anilines is 1. The molecule has 16 nitrogen and oxygen atoms in total. The van der Waals surface area contributed by atoms with Crippen LogP contribution in [0.25, 0.3) is 0 Å². The first kappa shape index (κ1) is 37.2. The van der Waals surface area contributed by atoms with Gasteiger partial charge < -0.3 is 40.1 Å². The smallest absolute Gasteiger partial charge is 0.336 e. The maximum atomic E-state index is 13.4. The van der Waals surface area contributed by atoms with Gasteiger partial charge in [-0.3, -0.25) is 23.2 Å². The van der Waals surface area contributed by atoms with E-state index in [-0.39, 0.29) is 41.3 Å². The lowest BCUT2D eigenvalue weighted by Crippen LogP contribution is -2.35. The molecule has 2 atom stereocenters. The molecule has 0 saturated carbocycles. The number of carboxylic acid groups (broad SMARTS) is 1. The van der Waals surface area contributed by atoms with Crippen molar-refractivity contribution in [2.75, 3.05) is 11.9 Å². The number of urea groups is 1. The van der Waals surface area contributed by atoms with Gasteiger partial charge in [0.15, 0.2) is 10.6 Å². The van der Waals surface area contributed by atoms with Gasteiger partial charge in [0.05, 0.1) is 17.7 Å². The molecule has 0 spiro atoms. The number of aliphatic hydroxyl groups is 1. The highest BCUT2D eigenvalue weighted by Crippen LogP contribution is 2.39. The molecule has 3 aromatic rings. The van der Waals surface area contributed by atoms with Crippen molar-refractivity contribution in [3.8, 4) is 0 Å². The van der Waals surface area contributed by atoms with Crippen molar-refractivity contribution in [3.05, 3.63) is 80.1 Å². The molecule has 48 heavy (non-hydrogen) atoms. The summed E-state index contributed by atoms with van der Waals surface area (Å²) in [4.78, 5) is 83.5. The van der Waals surface area contributed by atoms with Crippen molar-refractivity contribution >= 4 is 57.6 Å². The number of hydrogen-bond acceptors (Lipinski definition) is 11. The van der Waals surface area contributed by atoms with Crippen LogP contribution in [0.5, 0.6) is 0 Å². The zero-order chi connectivity index (χ0) is 35.0. The molecule has 0 bridgehead atoms. The molecule has 1 aliphatic rings. The molecule has 3 amide bonds. The summed E-state index contributed by atoms with van der Waals surface area (Å²) < 4.78 is 21.3. The Labute approximate surface area is 279 Å². The molecule has 7 N–H and O–H groups in total. The Morgan fingerprint density at radius 1 is 1.08 bits per heavy atom. The van der Waals surface area contributed by atoms with Gasteiger partial charge in [-0.1, -0.05) is 29.8 Å². The summed E-state index contributed by atoms with van der Waals surface area (Å²) >= 11 is 1.30. The number of carbonyl (C=O) groups is 4. The first-order valence-corrected chi connectivity index (χ1v) is 17.8. The average molecular weight is 725 g/mol. The molecule has 0 aliphatic heterocycles. The number of nitrogens with one attached hydrogen (secondary N) is 2. The van der Waals surface area contributed by atoms with Gasteiger partial charge in [-0.15, -0.1) is 11.3 Å². The van der Waals surface area contributed by atoms with Gasteiger partial charge >= 0.3 is 28.9 Å². The van der Waals surface area contributed by atoms with E-state index in [4.69, 9.17) is 14.7 Å². The summed E-state index contributed by atoms with van der Waals surface area (Å²) in [6.07, 6.45) is 2.75. The molecule has 2 aromatic carbocycles. The second-order valence-corrected chi connectivity index (χ2v) is 13.2. The summed E-state index contributed by atoms with van der Waals surface area (Å²) in [7, 11) is -6.85. The lowest BCUT2D eigenvalue weighted by atomic mass is 10.0. The summed E-state index contributed by atoms with van der Waals surface area (Å²) in [6.45, 7) is 1.74. The van der Waals surface area contributed by atoms with Crippen LogP contribution < -0.4 is 15.4 Å². The Kier molecular flexibility index (Phi) is 12.9. The molecule has 0 radical (unpaired) electrons. The van der Waals surface area contributed by atoms with Crippen LogP contribution in [0, 0.1) is 6.92 Å². The second kappa shape index (κ2) is 16.7. The van der Waals surface area contributed by atoms with E-state index in [1.165, 1.54) is 23.5 Å². The SMILES string of the molecule is Cc1ccc(C(=O)Cn2c3c(s/c2=N\C(=O)c2ccc(NC(=O)NCCCC(O)(OP(O)O)O[PH](=O)O)cc2C(=O)O)CCCC3)cc1. The van der Waals surface area contributed by atoms with E-state index < -0.39 is 52.7 Å². The first-order valence-electron chi connectivity index (χ1n) is 14.6. The minimum Gasteiger partial charge on any atom is -0.478 e. The molecule has 1 aromatic heterocycles. The maximum absolute atomic E-state index is 13.4. The van der Waals surface area contributed by atoms with Gasteiger partial charge in [0.25, 0.3) is 11.9 Å². The Hall–Kier alpha value is -3.63. The Morgan fingerprint density at radius 2 is 1.79 bits per heavy atom. The molecule has 0 fully saturated rings. The molecule has 2 unspecified atom stereocenters. The van der Waals surface area contributed by atoms with Crippen molar-refractivity contribution in [2.45, 2.75) is 58.0 Å². The van der Waals surface area contributed by atoms with Gasteiger partial charge in [-0.05, 0) is 57.2 Å². The van der Waals surface area contributed by atoms with E-state index in [1.807, 2.05) is 19.1 Å². The second-order valence-electron chi connectivity index (χ2n) is 10.7. The summed E-state index contributed by atoms with van der Waals surface area (Å²) in [5.74, 6) is -5.21. The lowest BCUT2D eigenvalue weighted by molar-refractivity contribution is -0.279. The first-order chi connectivity index (χ1) is 22.7. The lowest BCUT2D eigenvalue weighted by Gasteiger charge is -2.26. The van der Waals surface area contributed by atoms with Crippen LogP contribution in [0.1, 0.15) is 72.9 Å². The van der Waals surface area contributed by atoms with E-state index in [9.17, 15) is 34.0 Å². The number of hydrogen-bond donors (Lipinski definition) is 7. The van der Waals surface area contributed by atoms with Crippen molar-refractivity contribution in [1.29, 1.82) is 0 Å². The number of fused-ring (bicyclic) bond motifs is 1. The van der Waals surface area contributed by atoms with E-state index in [2.05, 4.69) is 24.7 Å². The zero-order valence-corrected chi connectivity index (χ0v) is 28.3. The molecule has 1 aliphatic carbocycles. The van der Waals surface area contributed by atoms with Crippen LogP contribution in [-0.4, -0.2) is 65.7 Å². The number of carbonyl (C=O) groups excluding carboxylic acids is 3. The van der Waals surface area contributed by atoms with Crippen LogP contribution in [-0.2, 0) is 33.0 Å². The van der Waals surface area contributed by atoms with Crippen LogP contribution in [0.4, 0.5) is 10.5 Å². The fraction of sp³-hybridized carbons (Fsp3) is 0.345. The standard InChI is InChI=1S/C29H34N4O12P2S/c1-17-7-9-18(10-8-17)23(34)16-33-22-5-2-3-6-24(22)48-28(33)32-25(35)20-12-11-19(15-21(20)26(36)37)31-27(38)30-14-4-13-29(39,44-46(40)41)45-47(42)43/h7-12,15,39-41,47H,2-6,13-14,16H2,1H3,(H,36,37)(H,42,43)(H2,30,31,38)/b32-28-. The number of ketones is 1. The number of carboxylic acids is 1. The van der Waals surface area contributed by atoms with E-state index in [1.54, 1.807) is 16.7 Å². The molecule has 19 heteroatoms. The van der Waals surface area contributed by atoms with Crippen molar-refractivity contribution in [2.24, 2.45) is 4.99 Å². The number of aryl methyl sites for hydroxylation is 2. The highest BCUT2D eigenvalue weighted by atomic mass is 32.1. The fourth-order valence-corrected chi connectivity index (χ4v) is 7.04. The van der Waals surface area contributed by atoms with Gasteiger partial charge in [0.1, 0.15) is 0 Å². The predicted octanol–water partition coefficient (Wildman–Crippen LogP) is 3.23. The Morgan fingerprint density at radius 3 is 2.46 bits per heavy atom. The minimum absolute atomic E-state index is 0.0278. The molecule has 0 saturated heterocycles. The summed E-state index contributed by atoms with van der Waals surface area (Å²) in [5, 5.41) is 24.7. The minimum atomic E-state index is -3.72. The van der Waals surface area contributed by atoms with Crippen molar-refractivity contribution in [3.63, 3.8) is 0 Å². The predicted molar refractivity (Wildman–Crippen MR) is 174 cm³/mol. The highest BCUT2D eigenvalue weighted by Gasteiger charge is 2.34. The summed E-state index contributed by atoms with van der Waals surface area (Å²) in [6, 6.07) is 9.99. The third-order valence-corrected chi connectivity index (χ3v) is 9.32. The number of aromatic carboxylic acids is 1. The van der Waals surface area contributed by atoms with E-state index in [0.29, 0.717) is 5.56 Å². The highest BCUT2D eigenvalue weighted by molar-refractivity contribution is 7.39. The molecule has 4 rings (SSSR count). The topological polar surface area (TPSA) is 246 Å². The van der Waals surface area contributed by atoms with Crippen molar-refractivity contribution in [1.82, 2.24) is 9.88 Å². The normalized spacial score (nSPS) is 15.0. The van der Waals surface area contributed by atoms with Crippen LogP contribution in [0.3, 0.4) is 0 Å². The van der Waals surface area contributed by atoms with Crippen molar-refractivity contribution < 1.29 is 57.7 Å². The van der Waals surface area contributed by atoms with Crippen LogP contribution >= 0.6 is 28.2 Å². The zero-order valence-electron chi connectivity index (χ0n) is 25.5. The Bertz CT molecular complexity index is 1780. The van der Waals surface area contributed by atoms with E-state index >= 15 is 0 Å². The fourth-order valence-electron chi connectivity index (χ4n) is 4.96. The number of benzene rings is 2. The third-order valence-electron chi connectivity index (χ3n) is 7.20. The number of rotatable bonds is 14. The summed E-state index contributed by atoms with van der Waals surface area (Å²) in [5.41, 5.74) is 1.84. The third kappa shape index (κ3) is 10.2. The van der Waals surface area contributed by atoms with Crippen LogP contribution in [0.2, 0.25) is 0 Å². The number of amides is 3. The number of thiazole rings is 1. The number of aromatic nitrogens is 1. The molecular formula is C29H34N4O12P2S. The van der Waals surface area contributed by atoms with E-state index in [0.717, 1.165) is 47.9 Å². The van der Waals surface area contributed by atoms with Gasteiger partial charge in [-0.2, -0.15) is 4.99 Å². The molecule has 1 heterocycles. The molecule has 258 valence electrons. The number of nitrogens with zero attached hydrogens (tertiary/aromatic N) is 2. The van der Waals surface area contributed by atoms with Crippen LogP contribution in [0.15, 0.2) is 47.5 Å². The Balaban J connectivity index is 1.48. The average Bonchev–Trinajstić information content (AvgIpc) is 3.35. The molecular weight excluding hydrogens is 690 g/mol. The quantitative estimate of drug-likeness (QED) is 0.0548. The van der Waals surface area contributed by atoms with Gasteiger partial charge in [0, 0.05) is 34.8 Å². The number of Topliss-reactive ketones (excluding diaryl/α,β-unsaturated/α-hetero) is 1. The maximum Gasteiger partial charge on any atom is 0.336 e. The van der Waals surface area contributed by atoms with Gasteiger partial charge in [0.2, 0.25) is 0 Å². The van der Waals surface area contributed by atoms with Gasteiger partial charge in [-0.25, -0.2) is 9.59 Å². The monoisotopic (exact) mass is 724 g/mol.